The van der Waals surface area contributed by atoms with Gasteiger partial charge < -0.3 is 15.5 Å². The Morgan fingerprint density at radius 3 is 2.30 bits per heavy atom. The summed E-state index contributed by atoms with van der Waals surface area (Å²) in [7, 11) is 3.84. The van der Waals surface area contributed by atoms with Gasteiger partial charge in [-0.05, 0) is 44.0 Å². The topological polar surface area (TPSA) is 70.2 Å². The Morgan fingerprint density at radius 2 is 1.70 bits per heavy atom. The highest BCUT2D eigenvalue weighted by Crippen LogP contribution is 2.13. The van der Waals surface area contributed by atoms with Crippen LogP contribution in [0.1, 0.15) is 22.6 Å². The Bertz CT molecular complexity index is 692. The van der Waals surface area contributed by atoms with Crippen LogP contribution in [0.5, 0.6) is 0 Å². The number of carbonyl (C=O) groups is 1. The molecule has 6 nitrogen and oxygen atoms in total. The lowest BCUT2D eigenvalue weighted by molar-refractivity contribution is 0.251. The molecule has 2 aromatic rings. The quantitative estimate of drug-likeness (QED) is 0.910. The predicted molar refractivity (Wildman–Crippen MR) is 92.9 cm³/mol. The van der Waals surface area contributed by atoms with Crippen molar-refractivity contribution in [3.8, 4) is 0 Å². The number of amides is 2. The van der Waals surface area contributed by atoms with Crippen LogP contribution in [-0.2, 0) is 6.54 Å². The Labute approximate surface area is 137 Å². The van der Waals surface area contributed by atoms with E-state index in [-0.39, 0.29) is 12.6 Å². The van der Waals surface area contributed by atoms with Crippen molar-refractivity contribution in [2.45, 2.75) is 27.3 Å². The van der Waals surface area contributed by atoms with E-state index in [1.807, 2.05) is 58.0 Å². The molecule has 2 amide bonds. The molecule has 0 aliphatic carbocycles. The minimum Gasteiger partial charge on any atom is -0.363 e. The highest BCUT2D eigenvalue weighted by atomic mass is 16.2. The van der Waals surface area contributed by atoms with Gasteiger partial charge in [-0.15, -0.1) is 0 Å². The van der Waals surface area contributed by atoms with Crippen LogP contribution in [0.15, 0.2) is 24.3 Å². The first-order valence-electron chi connectivity index (χ1n) is 7.48. The van der Waals surface area contributed by atoms with Crippen LogP contribution in [0.2, 0.25) is 0 Å². The molecule has 0 saturated carbocycles. The number of nitrogens with one attached hydrogen (secondary N) is 2. The molecule has 0 bridgehead atoms. The molecule has 2 N–H and O–H groups in total. The number of hydrogen-bond donors (Lipinski definition) is 2. The van der Waals surface area contributed by atoms with E-state index in [0.717, 1.165) is 28.3 Å². The van der Waals surface area contributed by atoms with Crippen molar-refractivity contribution in [2.75, 3.05) is 24.3 Å². The number of benzene rings is 1. The number of nitrogens with zero attached hydrogens (tertiary/aromatic N) is 3. The lowest BCUT2D eigenvalue weighted by atomic mass is 10.1. The number of carbonyl (C=O) groups excluding carboxylic acids is 1. The monoisotopic (exact) mass is 313 g/mol. The first-order valence-corrected chi connectivity index (χ1v) is 7.48. The SMILES string of the molecule is Cc1cc(C)cc(NC(=O)NCc2nc(C)cc(N(C)C)n2)c1. The molecule has 0 saturated heterocycles. The Kier molecular flexibility index (Phi) is 5.16. The largest absolute Gasteiger partial charge is 0.363 e. The van der Waals surface area contributed by atoms with Gasteiger partial charge in [0, 0.05) is 31.5 Å². The second-order valence-electron chi connectivity index (χ2n) is 5.86. The van der Waals surface area contributed by atoms with Crippen LogP contribution in [0, 0.1) is 20.8 Å². The minimum atomic E-state index is -0.272. The molecule has 0 unspecified atom stereocenters. The summed E-state index contributed by atoms with van der Waals surface area (Å²) in [5.41, 5.74) is 3.87. The normalized spacial score (nSPS) is 10.3. The standard InChI is InChI=1S/C17H23N5O/c1-11-6-12(2)8-14(7-11)20-17(23)18-10-15-19-13(3)9-16(21-15)22(4)5/h6-9H,10H2,1-5H3,(H2,18,20,23). The van der Waals surface area contributed by atoms with Crippen molar-refractivity contribution < 1.29 is 4.79 Å². The summed E-state index contributed by atoms with van der Waals surface area (Å²) in [6.45, 7) is 6.19. The van der Waals surface area contributed by atoms with Gasteiger partial charge in [0.15, 0.2) is 0 Å². The Hall–Kier alpha value is -2.63. The first-order chi connectivity index (χ1) is 10.8. The minimum absolute atomic E-state index is 0.272. The molecule has 0 aliphatic rings. The summed E-state index contributed by atoms with van der Waals surface area (Å²) in [5.74, 6) is 1.41. The molecular formula is C17H23N5O. The molecule has 6 heteroatoms. The maximum absolute atomic E-state index is 12.0. The fourth-order valence-electron chi connectivity index (χ4n) is 2.30. The van der Waals surface area contributed by atoms with Crippen molar-refractivity contribution >= 4 is 17.5 Å². The molecule has 1 heterocycles. The van der Waals surface area contributed by atoms with Crippen LogP contribution < -0.4 is 15.5 Å². The third-order valence-electron chi connectivity index (χ3n) is 3.23. The van der Waals surface area contributed by atoms with Gasteiger partial charge in [0.1, 0.15) is 11.6 Å². The lowest BCUT2D eigenvalue weighted by Gasteiger charge is -2.13. The number of urea groups is 1. The van der Waals surface area contributed by atoms with E-state index >= 15 is 0 Å². The van der Waals surface area contributed by atoms with E-state index in [1.54, 1.807) is 0 Å². The first kappa shape index (κ1) is 16.7. The molecule has 0 radical (unpaired) electrons. The second-order valence-corrected chi connectivity index (χ2v) is 5.86. The van der Waals surface area contributed by atoms with E-state index in [0.29, 0.717) is 5.82 Å². The third kappa shape index (κ3) is 4.95. The highest BCUT2D eigenvalue weighted by molar-refractivity contribution is 5.89. The Morgan fingerprint density at radius 1 is 1.04 bits per heavy atom. The zero-order valence-electron chi connectivity index (χ0n) is 14.3. The molecule has 0 atom stereocenters. The lowest BCUT2D eigenvalue weighted by Crippen LogP contribution is -2.29. The van der Waals surface area contributed by atoms with Crippen LogP contribution in [0.25, 0.3) is 0 Å². The van der Waals surface area contributed by atoms with Gasteiger partial charge >= 0.3 is 6.03 Å². The van der Waals surface area contributed by atoms with Crippen LogP contribution in [0.4, 0.5) is 16.3 Å². The van der Waals surface area contributed by atoms with Gasteiger partial charge in [-0.1, -0.05) is 6.07 Å². The number of aromatic nitrogens is 2. The average molecular weight is 313 g/mol. The molecule has 23 heavy (non-hydrogen) atoms. The maximum Gasteiger partial charge on any atom is 0.319 e. The molecule has 0 spiro atoms. The van der Waals surface area contributed by atoms with Gasteiger partial charge in [-0.3, -0.25) is 0 Å². The molecule has 122 valence electrons. The summed E-state index contributed by atoms with van der Waals surface area (Å²) < 4.78 is 0. The van der Waals surface area contributed by atoms with Gasteiger partial charge in [-0.2, -0.15) is 0 Å². The fourth-order valence-corrected chi connectivity index (χ4v) is 2.30. The second kappa shape index (κ2) is 7.09. The number of hydrogen-bond acceptors (Lipinski definition) is 4. The van der Waals surface area contributed by atoms with Crippen LogP contribution >= 0.6 is 0 Å². The average Bonchev–Trinajstić information content (AvgIpc) is 2.43. The molecule has 2 rings (SSSR count). The number of anilines is 2. The van der Waals surface area contributed by atoms with Gasteiger partial charge in [0.25, 0.3) is 0 Å². The van der Waals surface area contributed by atoms with Gasteiger partial charge in [0.2, 0.25) is 0 Å². The third-order valence-corrected chi connectivity index (χ3v) is 3.23. The van der Waals surface area contributed by atoms with Gasteiger partial charge in [-0.25, -0.2) is 14.8 Å². The molecule has 1 aromatic carbocycles. The van der Waals surface area contributed by atoms with Crippen molar-refractivity contribution in [3.63, 3.8) is 0 Å². The summed E-state index contributed by atoms with van der Waals surface area (Å²) in [4.78, 5) is 22.7. The van der Waals surface area contributed by atoms with E-state index in [2.05, 4.69) is 26.7 Å². The Balaban J connectivity index is 1.99. The van der Waals surface area contributed by atoms with E-state index < -0.39 is 0 Å². The van der Waals surface area contributed by atoms with Crippen molar-refractivity contribution in [1.29, 1.82) is 0 Å². The maximum atomic E-state index is 12.0. The predicted octanol–water partition coefficient (Wildman–Crippen LogP) is 2.79. The zero-order chi connectivity index (χ0) is 17.0. The van der Waals surface area contributed by atoms with Crippen LogP contribution in [0.3, 0.4) is 0 Å². The van der Waals surface area contributed by atoms with Crippen LogP contribution in [-0.4, -0.2) is 30.1 Å². The molecular weight excluding hydrogens is 290 g/mol. The summed E-state index contributed by atoms with van der Waals surface area (Å²) in [5, 5.41) is 5.62. The van der Waals surface area contributed by atoms with Crippen molar-refractivity contribution in [2.24, 2.45) is 0 Å². The van der Waals surface area contributed by atoms with Crippen molar-refractivity contribution in [3.05, 3.63) is 46.9 Å². The smallest absolute Gasteiger partial charge is 0.319 e. The van der Waals surface area contributed by atoms with E-state index in [1.165, 1.54) is 0 Å². The highest BCUT2D eigenvalue weighted by Gasteiger charge is 2.07. The summed E-state index contributed by atoms with van der Waals surface area (Å²) in [6.07, 6.45) is 0. The zero-order valence-corrected chi connectivity index (χ0v) is 14.3. The number of aryl methyl sites for hydroxylation is 3. The summed E-state index contributed by atoms with van der Waals surface area (Å²) in [6, 6.07) is 7.55. The fraction of sp³-hybridized carbons (Fsp3) is 0.353. The van der Waals surface area contributed by atoms with Gasteiger partial charge in [0.05, 0.1) is 6.54 Å². The molecule has 1 aromatic heterocycles. The van der Waals surface area contributed by atoms with E-state index in [4.69, 9.17) is 0 Å². The number of rotatable bonds is 4. The summed E-state index contributed by atoms with van der Waals surface area (Å²) >= 11 is 0. The van der Waals surface area contributed by atoms with E-state index in [9.17, 15) is 4.79 Å². The molecule has 0 fully saturated rings. The molecule has 0 aliphatic heterocycles. The van der Waals surface area contributed by atoms with Crippen molar-refractivity contribution in [1.82, 2.24) is 15.3 Å².